The molecule has 36 heavy (non-hydrogen) atoms. The van der Waals surface area contributed by atoms with E-state index in [2.05, 4.69) is 17.1 Å². The minimum absolute atomic E-state index is 0.143. The second kappa shape index (κ2) is 9.21. The van der Waals surface area contributed by atoms with Gasteiger partial charge in [-0.2, -0.15) is 0 Å². The molecule has 2 N–H and O–H groups in total. The molecule has 2 aliphatic carbocycles. The second-order valence-corrected chi connectivity index (χ2v) is 10.3. The number of nitrogens with one attached hydrogen (secondary N) is 1. The van der Waals surface area contributed by atoms with E-state index in [0.29, 0.717) is 29.8 Å². The number of benzene rings is 2. The molecule has 2 aromatic carbocycles. The van der Waals surface area contributed by atoms with E-state index in [9.17, 15) is 14.7 Å². The molecule has 0 spiro atoms. The van der Waals surface area contributed by atoms with Gasteiger partial charge < -0.3 is 19.7 Å². The van der Waals surface area contributed by atoms with Crippen molar-refractivity contribution in [2.24, 2.45) is 0 Å². The van der Waals surface area contributed by atoms with Crippen LogP contribution < -0.4 is 10.3 Å². The molecule has 7 heteroatoms. The van der Waals surface area contributed by atoms with Crippen molar-refractivity contribution in [2.75, 3.05) is 6.54 Å². The average molecular weight is 486 g/mol. The predicted octanol–water partition coefficient (Wildman–Crippen LogP) is 3.79. The average Bonchev–Trinajstić information content (AvgIpc) is 3.58. The Kier molecular flexibility index (Phi) is 5.88. The minimum atomic E-state index is -1.31. The molecular formula is C29H31N3O4. The van der Waals surface area contributed by atoms with Crippen LogP contribution in [0.2, 0.25) is 0 Å². The normalized spacial score (nSPS) is 19.5. The summed E-state index contributed by atoms with van der Waals surface area (Å²) >= 11 is 0. The largest absolute Gasteiger partial charge is 0.490 e. The number of aliphatic hydroxyl groups is 1. The van der Waals surface area contributed by atoms with Crippen molar-refractivity contribution in [1.82, 2.24) is 14.9 Å². The summed E-state index contributed by atoms with van der Waals surface area (Å²) in [7, 11) is 0. The summed E-state index contributed by atoms with van der Waals surface area (Å²) in [6.45, 7) is 0.555. The molecular weight excluding hydrogens is 454 g/mol. The summed E-state index contributed by atoms with van der Waals surface area (Å²) in [6, 6.07) is 17.3. The zero-order chi connectivity index (χ0) is 24.7. The molecule has 1 atom stereocenters. The zero-order valence-electron chi connectivity index (χ0n) is 20.3. The van der Waals surface area contributed by atoms with Crippen molar-refractivity contribution in [1.29, 1.82) is 0 Å². The van der Waals surface area contributed by atoms with Gasteiger partial charge >= 0.3 is 0 Å². The number of amides is 1. The molecule has 0 saturated heterocycles. The number of carbonyl (C=O) groups excluding carboxylic acids is 1. The summed E-state index contributed by atoms with van der Waals surface area (Å²) in [5, 5.41) is 10.9. The Morgan fingerprint density at radius 2 is 1.89 bits per heavy atom. The molecule has 3 aliphatic rings. The third kappa shape index (κ3) is 4.22. The van der Waals surface area contributed by atoms with E-state index in [-0.39, 0.29) is 23.6 Å². The summed E-state index contributed by atoms with van der Waals surface area (Å²) in [6.07, 6.45) is 5.71. The lowest BCUT2D eigenvalue weighted by molar-refractivity contribution is -0.141. The van der Waals surface area contributed by atoms with E-state index < -0.39 is 12.0 Å². The molecule has 186 valence electrons. The first-order chi connectivity index (χ1) is 17.5. The third-order valence-corrected chi connectivity index (χ3v) is 7.92. The number of hydrogen-bond acceptors (Lipinski definition) is 5. The molecule has 1 amide bonds. The van der Waals surface area contributed by atoms with E-state index in [0.717, 1.165) is 37.2 Å². The first-order valence-electron chi connectivity index (χ1n) is 12.9. The van der Waals surface area contributed by atoms with Gasteiger partial charge in [0.1, 0.15) is 11.6 Å². The van der Waals surface area contributed by atoms with Gasteiger partial charge in [0.15, 0.2) is 6.10 Å². The van der Waals surface area contributed by atoms with Gasteiger partial charge in [-0.15, -0.1) is 0 Å². The fourth-order valence-electron chi connectivity index (χ4n) is 5.66. The highest BCUT2D eigenvalue weighted by Crippen LogP contribution is 2.51. The van der Waals surface area contributed by atoms with Crippen LogP contribution in [-0.4, -0.2) is 38.5 Å². The fraction of sp³-hybridized carbons (Fsp3) is 0.414. The lowest BCUT2D eigenvalue weighted by atomic mass is 9.94. The van der Waals surface area contributed by atoms with Crippen LogP contribution in [0.1, 0.15) is 72.8 Å². The lowest BCUT2D eigenvalue weighted by Gasteiger charge is -2.30. The number of nitrogens with zero attached hydrogens (tertiary/aromatic N) is 2. The van der Waals surface area contributed by atoms with Crippen molar-refractivity contribution in [3.63, 3.8) is 0 Å². The van der Waals surface area contributed by atoms with Crippen LogP contribution in [0.15, 0.2) is 59.4 Å². The number of aliphatic hydroxyl groups excluding tert-OH is 1. The standard InChI is InChI=1S/C29H31N3O4/c33-25(19-7-6-12-22(17-19)36-21-10-4-5-11-21)27(35)32-16-13-24-23(18-32)26(34)31-28(30-24)29(14-15-29)20-8-2-1-3-9-20/h1-3,6-9,12,17,21,25,33H,4-5,10-11,13-16,18H2,(H,30,31,34). The van der Waals surface area contributed by atoms with Crippen LogP contribution in [0, 0.1) is 0 Å². The van der Waals surface area contributed by atoms with Gasteiger partial charge in [0.2, 0.25) is 0 Å². The maximum absolute atomic E-state index is 13.2. The number of rotatable bonds is 6. The van der Waals surface area contributed by atoms with Crippen molar-refractivity contribution in [2.45, 2.75) is 69.1 Å². The molecule has 1 aromatic heterocycles. The van der Waals surface area contributed by atoms with E-state index in [1.165, 1.54) is 18.4 Å². The van der Waals surface area contributed by atoms with Crippen LogP contribution in [0.25, 0.3) is 0 Å². The van der Waals surface area contributed by atoms with Crippen molar-refractivity contribution < 1.29 is 14.6 Å². The van der Waals surface area contributed by atoms with E-state index in [4.69, 9.17) is 9.72 Å². The van der Waals surface area contributed by atoms with Gasteiger partial charge in [-0.1, -0.05) is 42.5 Å². The first-order valence-corrected chi connectivity index (χ1v) is 12.9. The van der Waals surface area contributed by atoms with Crippen molar-refractivity contribution in [3.05, 3.63) is 93.2 Å². The molecule has 7 nitrogen and oxygen atoms in total. The molecule has 3 aromatic rings. The summed E-state index contributed by atoms with van der Waals surface area (Å²) in [5.41, 5.74) is 2.51. The molecule has 2 heterocycles. The number of aromatic nitrogens is 2. The number of ether oxygens (including phenoxy) is 1. The Morgan fingerprint density at radius 3 is 2.64 bits per heavy atom. The number of aromatic amines is 1. The number of carbonyl (C=O) groups is 1. The maximum Gasteiger partial charge on any atom is 0.256 e. The van der Waals surface area contributed by atoms with Gasteiger partial charge in [-0.05, 0) is 61.8 Å². The van der Waals surface area contributed by atoms with Gasteiger partial charge in [0.05, 0.1) is 29.3 Å². The van der Waals surface area contributed by atoms with Gasteiger partial charge in [-0.3, -0.25) is 9.59 Å². The first kappa shape index (κ1) is 23.0. The molecule has 0 radical (unpaired) electrons. The Hall–Kier alpha value is -3.45. The molecule has 6 rings (SSSR count). The molecule has 2 saturated carbocycles. The molecule has 0 bridgehead atoms. The Labute approximate surface area is 210 Å². The van der Waals surface area contributed by atoms with E-state index in [1.54, 1.807) is 23.1 Å². The summed E-state index contributed by atoms with van der Waals surface area (Å²) < 4.78 is 6.04. The van der Waals surface area contributed by atoms with Crippen molar-refractivity contribution in [3.8, 4) is 5.75 Å². The Bertz CT molecular complexity index is 1330. The Morgan fingerprint density at radius 1 is 1.11 bits per heavy atom. The quantitative estimate of drug-likeness (QED) is 0.554. The topological polar surface area (TPSA) is 95.5 Å². The van der Waals surface area contributed by atoms with Gasteiger partial charge in [-0.25, -0.2) is 4.98 Å². The van der Waals surface area contributed by atoms with Gasteiger partial charge in [0, 0.05) is 13.0 Å². The SMILES string of the molecule is O=C(C(O)c1cccc(OC2CCCC2)c1)N1CCc2nc(C3(c4ccccc4)CC3)[nH]c(=O)c2C1. The van der Waals surface area contributed by atoms with Crippen LogP contribution in [-0.2, 0) is 23.2 Å². The van der Waals surface area contributed by atoms with Crippen LogP contribution in [0.3, 0.4) is 0 Å². The number of fused-ring (bicyclic) bond motifs is 1. The summed E-state index contributed by atoms with van der Waals surface area (Å²) in [4.78, 5) is 35.7. The van der Waals surface area contributed by atoms with Crippen LogP contribution in [0.4, 0.5) is 0 Å². The molecule has 1 unspecified atom stereocenters. The van der Waals surface area contributed by atoms with Crippen LogP contribution in [0.5, 0.6) is 5.75 Å². The monoisotopic (exact) mass is 485 g/mol. The van der Waals surface area contributed by atoms with Crippen molar-refractivity contribution >= 4 is 5.91 Å². The Balaban J connectivity index is 1.19. The predicted molar refractivity (Wildman–Crippen MR) is 135 cm³/mol. The van der Waals surface area contributed by atoms with E-state index in [1.807, 2.05) is 24.3 Å². The summed E-state index contributed by atoms with van der Waals surface area (Å²) in [5.74, 6) is 0.984. The highest BCUT2D eigenvalue weighted by atomic mass is 16.5. The second-order valence-electron chi connectivity index (χ2n) is 10.3. The zero-order valence-corrected chi connectivity index (χ0v) is 20.3. The molecule has 2 fully saturated rings. The highest BCUT2D eigenvalue weighted by Gasteiger charge is 2.48. The van der Waals surface area contributed by atoms with Gasteiger partial charge in [0.25, 0.3) is 11.5 Å². The number of hydrogen-bond donors (Lipinski definition) is 2. The third-order valence-electron chi connectivity index (χ3n) is 7.92. The van der Waals surface area contributed by atoms with Crippen LogP contribution >= 0.6 is 0 Å². The molecule has 1 aliphatic heterocycles. The highest BCUT2D eigenvalue weighted by molar-refractivity contribution is 5.82. The smallest absolute Gasteiger partial charge is 0.256 e. The maximum atomic E-state index is 13.2. The fourth-order valence-corrected chi connectivity index (χ4v) is 5.66. The minimum Gasteiger partial charge on any atom is -0.490 e. The van der Waals surface area contributed by atoms with E-state index >= 15 is 0 Å². The lowest BCUT2D eigenvalue weighted by Crippen LogP contribution is -2.42. The number of H-pyrrole nitrogens is 1.